The zero-order chi connectivity index (χ0) is 12.4. The first kappa shape index (κ1) is 25.5. The SMILES string of the molecule is CCCC.OP(O)(O)=S.OP(O)(O)=S.[Zn]. The molecule has 0 atom stereocenters. The Balaban J connectivity index is -0.0000000590. The Labute approximate surface area is 112 Å². The summed E-state index contributed by atoms with van der Waals surface area (Å²) >= 11 is 7.21. The summed E-state index contributed by atoms with van der Waals surface area (Å²) in [6.45, 7) is -3.25. The fraction of sp³-hybridized carbons (Fsp3) is 1.00. The fourth-order valence-electron chi connectivity index (χ4n) is 0. The third-order valence-corrected chi connectivity index (χ3v) is 0.500. The smallest absolute Gasteiger partial charge is 0.319 e. The molecule has 0 heterocycles. The first-order chi connectivity index (χ1) is 5.91. The number of hydrogen-bond donors (Lipinski definition) is 6. The van der Waals surface area contributed by atoms with Gasteiger partial charge in [0.1, 0.15) is 0 Å². The molecular weight excluding hydrogens is 336 g/mol. The Bertz CT molecular complexity index is 165. The summed E-state index contributed by atoms with van der Waals surface area (Å²) in [7, 11) is 0. The van der Waals surface area contributed by atoms with Crippen molar-refractivity contribution in [1.29, 1.82) is 0 Å². The van der Waals surface area contributed by atoms with E-state index in [0.717, 1.165) is 0 Å². The van der Waals surface area contributed by atoms with E-state index in [1.54, 1.807) is 0 Å². The van der Waals surface area contributed by atoms with Gasteiger partial charge in [0, 0.05) is 19.5 Å². The molecule has 0 aliphatic carbocycles. The maximum Gasteiger partial charge on any atom is 0.319 e. The van der Waals surface area contributed by atoms with Crippen LogP contribution in [0.15, 0.2) is 0 Å². The van der Waals surface area contributed by atoms with Gasteiger partial charge in [0.05, 0.1) is 0 Å². The van der Waals surface area contributed by atoms with Gasteiger partial charge in [-0.05, 0) is 23.6 Å². The standard InChI is InChI=1S/C4H10.2H3O3PS.Zn/c1-3-4-2;2*1-4(2,3)5;/h3-4H2,1-2H3;2*(H3,1,2,3,5);. The average molecular weight is 352 g/mol. The van der Waals surface area contributed by atoms with Gasteiger partial charge in [-0.3, -0.25) is 0 Å². The zero-order valence-corrected chi connectivity index (χ0v) is 14.9. The summed E-state index contributed by atoms with van der Waals surface area (Å²) in [6.07, 6.45) is 2.64. The monoisotopic (exact) mass is 350 g/mol. The van der Waals surface area contributed by atoms with Crippen molar-refractivity contribution in [3.8, 4) is 0 Å². The van der Waals surface area contributed by atoms with Crippen LogP contribution in [0.4, 0.5) is 0 Å². The van der Waals surface area contributed by atoms with E-state index >= 15 is 0 Å². The topological polar surface area (TPSA) is 121 Å². The third-order valence-electron chi connectivity index (χ3n) is 0.500. The van der Waals surface area contributed by atoms with Crippen molar-refractivity contribution in [2.45, 2.75) is 26.7 Å². The van der Waals surface area contributed by atoms with Crippen molar-refractivity contribution < 1.29 is 48.8 Å². The Morgan fingerprint density at radius 2 is 0.800 bits per heavy atom. The van der Waals surface area contributed by atoms with Gasteiger partial charge < -0.3 is 29.4 Å². The molecule has 0 aromatic carbocycles. The molecule has 0 aromatic rings. The van der Waals surface area contributed by atoms with Crippen LogP contribution < -0.4 is 0 Å². The van der Waals surface area contributed by atoms with Crippen LogP contribution >= 0.6 is 13.4 Å². The predicted molar refractivity (Wildman–Crippen MR) is 62.5 cm³/mol. The maximum absolute atomic E-state index is 7.56. The molecule has 0 aromatic heterocycles. The van der Waals surface area contributed by atoms with Crippen LogP contribution in [0.25, 0.3) is 0 Å². The van der Waals surface area contributed by atoms with Gasteiger partial charge in [-0.25, -0.2) is 0 Å². The fourth-order valence-corrected chi connectivity index (χ4v) is 0. The summed E-state index contributed by atoms with van der Waals surface area (Å²) in [5.41, 5.74) is 0. The summed E-state index contributed by atoms with van der Waals surface area (Å²) in [6, 6.07) is 0. The van der Waals surface area contributed by atoms with E-state index in [0.29, 0.717) is 0 Å². The van der Waals surface area contributed by atoms with E-state index in [2.05, 4.69) is 37.5 Å². The Morgan fingerprint density at radius 3 is 0.800 bits per heavy atom. The Kier molecular flexibility index (Phi) is 23.4. The van der Waals surface area contributed by atoms with Crippen LogP contribution in [0.2, 0.25) is 0 Å². The summed E-state index contributed by atoms with van der Waals surface area (Å²) in [5, 5.41) is 0. The van der Waals surface area contributed by atoms with E-state index in [1.807, 2.05) is 0 Å². The van der Waals surface area contributed by atoms with Gasteiger partial charge >= 0.3 is 13.4 Å². The van der Waals surface area contributed by atoms with Crippen molar-refractivity contribution in [1.82, 2.24) is 0 Å². The Morgan fingerprint density at radius 1 is 0.733 bits per heavy atom. The molecule has 6 nitrogen and oxygen atoms in total. The normalized spacial score (nSPS) is 9.87. The largest absolute Gasteiger partial charge is 0.325 e. The van der Waals surface area contributed by atoms with E-state index in [1.165, 1.54) is 12.8 Å². The molecular formula is C4H16O6P2S2Zn. The Hall–Kier alpha value is 1.68. The maximum atomic E-state index is 7.56. The third kappa shape index (κ3) is 408. The molecule has 0 unspecified atom stereocenters. The first-order valence-electron chi connectivity index (χ1n) is 3.48. The van der Waals surface area contributed by atoms with E-state index in [-0.39, 0.29) is 19.5 Å². The second-order valence-electron chi connectivity index (χ2n) is 2.03. The van der Waals surface area contributed by atoms with Crippen molar-refractivity contribution in [3.63, 3.8) is 0 Å². The van der Waals surface area contributed by atoms with E-state index in [4.69, 9.17) is 29.4 Å². The van der Waals surface area contributed by atoms with Crippen LogP contribution in [0.5, 0.6) is 0 Å². The molecule has 0 rings (SSSR count). The van der Waals surface area contributed by atoms with Crippen molar-refractivity contribution in [2.24, 2.45) is 0 Å². The molecule has 0 amide bonds. The van der Waals surface area contributed by atoms with Crippen LogP contribution in [0.1, 0.15) is 26.7 Å². The van der Waals surface area contributed by atoms with Gasteiger partial charge in [-0.15, -0.1) is 0 Å². The second kappa shape index (κ2) is 13.7. The zero-order valence-electron chi connectivity index (χ0n) is 8.52. The molecule has 0 fully saturated rings. The summed E-state index contributed by atoms with van der Waals surface area (Å²) in [5.74, 6) is 0. The van der Waals surface area contributed by atoms with Gasteiger partial charge in [0.25, 0.3) is 0 Å². The summed E-state index contributed by atoms with van der Waals surface area (Å²) in [4.78, 5) is 45.3. The predicted octanol–water partition coefficient (Wildman–Crippen LogP) is 0.179. The van der Waals surface area contributed by atoms with Gasteiger partial charge in [-0.1, -0.05) is 26.7 Å². The van der Waals surface area contributed by atoms with Crippen molar-refractivity contribution >= 4 is 37.1 Å². The van der Waals surface area contributed by atoms with Crippen LogP contribution in [-0.4, -0.2) is 29.4 Å². The van der Waals surface area contributed by atoms with Crippen LogP contribution in [0.3, 0.4) is 0 Å². The number of unbranched alkanes of at least 4 members (excludes halogenated alkanes) is 1. The molecule has 0 radical (unpaired) electrons. The molecule has 0 aliphatic heterocycles. The molecule has 0 spiro atoms. The molecule has 15 heavy (non-hydrogen) atoms. The van der Waals surface area contributed by atoms with E-state index < -0.39 is 13.4 Å². The molecule has 6 N–H and O–H groups in total. The van der Waals surface area contributed by atoms with Crippen molar-refractivity contribution in [3.05, 3.63) is 0 Å². The molecule has 92 valence electrons. The number of hydrogen-bond acceptors (Lipinski definition) is 2. The van der Waals surface area contributed by atoms with Gasteiger partial charge in [-0.2, -0.15) is 0 Å². The van der Waals surface area contributed by atoms with E-state index in [9.17, 15) is 0 Å². The second-order valence-corrected chi connectivity index (χ2v) is 7.02. The molecule has 0 bridgehead atoms. The van der Waals surface area contributed by atoms with Crippen molar-refractivity contribution in [2.75, 3.05) is 0 Å². The van der Waals surface area contributed by atoms with Crippen LogP contribution in [0, 0.1) is 0 Å². The molecule has 0 saturated carbocycles. The first-order valence-corrected chi connectivity index (χ1v) is 8.80. The quantitative estimate of drug-likeness (QED) is 0.292. The van der Waals surface area contributed by atoms with Gasteiger partial charge in [0.2, 0.25) is 0 Å². The minimum atomic E-state index is -3.81. The van der Waals surface area contributed by atoms with Gasteiger partial charge in [0.15, 0.2) is 0 Å². The minimum absolute atomic E-state index is 0. The molecule has 0 aliphatic rings. The molecule has 11 heteroatoms. The molecule has 0 saturated heterocycles. The van der Waals surface area contributed by atoms with Crippen LogP contribution in [-0.2, 0) is 43.1 Å². The average Bonchev–Trinajstić information content (AvgIpc) is 1.79. The number of rotatable bonds is 1. The summed E-state index contributed by atoms with van der Waals surface area (Å²) < 4.78 is 0. The minimum Gasteiger partial charge on any atom is -0.325 e.